The van der Waals surface area contributed by atoms with Crippen LogP contribution >= 0.6 is 0 Å². The number of carbonyl (C=O) groups is 3. The fraction of sp³-hybridized carbons (Fsp3) is 0.400. The van der Waals surface area contributed by atoms with E-state index in [2.05, 4.69) is 5.32 Å². The van der Waals surface area contributed by atoms with Gasteiger partial charge in [-0.2, -0.15) is 0 Å². The Labute approximate surface area is 276 Å². The van der Waals surface area contributed by atoms with E-state index in [0.717, 1.165) is 4.57 Å². The number of aromatic hydroxyl groups is 2. The summed E-state index contributed by atoms with van der Waals surface area (Å²) in [6, 6.07) is 7.55. The van der Waals surface area contributed by atoms with Crippen LogP contribution in [0.5, 0.6) is 23.0 Å². The van der Waals surface area contributed by atoms with E-state index in [-0.39, 0.29) is 53.7 Å². The predicted octanol–water partition coefficient (Wildman–Crippen LogP) is 3.54. The molecule has 48 heavy (non-hydrogen) atoms. The molecule has 13 nitrogen and oxygen atoms in total. The molecule has 3 aromatic rings. The maximum absolute atomic E-state index is 13.6. The molecule has 0 spiro atoms. The van der Waals surface area contributed by atoms with Crippen LogP contribution in [0.4, 0.5) is 0 Å². The van der Waals surface area contributed by atoms with Gasteiger partial charge in [-0.1, -0.05) is 18.2 Å². The van der Waals surface area contributed by atoms with Crippen molar-refractivity contribution in [1.29, 1.82) is 0 Å². The van der Waals surface area contributed by atoms with Crippen molar-refractivity contribution < 1.29 is 38.8 Å². The number of hydrogen-bond donors (Lipinski definition) is 3. The molecular formula is C35H39N3O10. The van der Waals surface area contributed by atoms with E-state index in [4.69, 9.17) is 14.2 Å². The van der Waals surface area contributed by atoms with Gasteiger partial charge in [0.05, 0.1) is 12.6 Å². The minimum absolute atomic E-state index is 0.000930. The van der Waals surface area contributed by atoms with E-state index < -0.39 is 40.9 Å². The van der Waals surface area contributed by atoms with Crippen molar-refractivity contribution in [3.63, 3.8) is 0 Å². The lowest BCUT2D eigenvalue weighted by molar-refractivity contribution is -0.121. The van der Waals surface area contributed by atoms with Gasteiger partial charge in [-0.25, -0.2) is 9.59 Å². The van der Waals surface area contributed by atoms with Gasteiger partial charge in [0.1, 0.15) is 22.8 Å². The highest BCUT2D eigenvalue weighted by Gasteiger charge is 2.32. The van der Waals surface area contributed by atoms with Crippen LogP contribution in [0.15, 0.2) is 46.0 Å². The van der Waals surface area contributed by atoms with E-state index in [1.165, 1.54) is 30.8 Å². The topological polar surface area (TPSA) is 175 Å². The molecule has 0 saturated carbocycles. The number of nitrogens with one attached hydrogen (secondary N) is 1. The minimum Gasteiger partial charge on any atom is -0.507 e. The minimum atomic E-state index is -0.995. The number of phenols is 2. The summed E-state index contributed by atoms with van der Waals surface area (Å²) >= 11 is 0. The maximum atomic E-state index is 13.6. The fourth-order valence-electron chi connectivity index (χ4n) is 5.93. The number of nitrogens with zero attached hydrogens (tertiary/aromatic N) is 2. The highest BCUT2D eigenvalue weighted by atomic mass is 16.7. The Morgan fingerprint density at radius 2 is 1.75 bits per heavy atom. The van der Waals surface area contributed by atoms with Gasteiger partial charge in [-0.15, -0.1) is 0 Å². The average molecular weight is 662 g/mol. The summed E-state index contributed by atoms with van der Waals surface area (Å²) in [5, 5.41) is 25.9. The monoisotopic (exact) mass is 661 g/mol. The first-order valence-electron chi connectivity index (χ1n) is 15.8. The number of rotatable bonds is 6. The highest BCUT2D eigenvalue weighted by molar-refractivity contribution is 5.98. The lowest BCUT2D eigenvalue weighted by Gasteiger charge is -2.23. The molecule has 1 amide bonds. The molecule has 0 aliphatic carbocycles. The number of fused-ring (bicyclic) bond motifs is 2. The molecule has 1 aromatic heterocycles. The lowest BCUT2D eigenvalue weighted by Crippen LogP contribution is -2.39. The SMILES string of the molecule is C[C@H]1CCCC(=O)CCCC=Cc2cc(O)c(C(CC(=O)NCc3cc(=O)n(C)c(=O)n3C)c3ccc4c(c3)OCO4)c(O)c2C(=O)O1. The highest BCUT2D eigenvalue weighted by Crippen LogP contribution is 2.46. The van der Waals surface area contributed by atoms with Gasteiger partial charge < -0.3 is 29.7 Å². The Bertz CT molecular complexity index is 1890. The molecule has 0 bridgehead atoms. The second-order valence-corrected chi connectivity index (χ2v) is 12.1. The third kappa shape index (κ3) is 7.45. The molecule has 2 atom stereocenters. The van der Waals surface area contributed by atoms with E-state index in [1.807, 2.05) is 0 Å². The van der Waals surface area contributed by atoms with Crippen molar-refractivity contribution in [3.8, 4) is 23.0 Å². The number of aromatic nitrogens is 2. The quantitative estimate of drug-likeness (QED) is 0.332. The van der Waals surface area contributed by atoms with Gasteiger partial charge in [0.2, 0.25) is 12.7 Å². The molecule has 3 heterocycles. The van der Waals surface area contributed by atoms with Crippen molar-refractivity contribution in [2.75, 3.05) is 6.79 Å². The van der Waals surface area contributed by atoms with E-state index in [9.17, 15) is 34.2 Å². The molecular weight excluding hydrogens is 622 g/mol. The summed E-state index contributed by atoms with van der Waals surface area (Å²) in [7, 11) is 2.84. The maximum Gasteiger partial charge on any atom is 0.342 e. The molecule has 0 fully saturated rings. The van der Waals surface area contributed by atoms with Gasteiger partial charge in [0.15, 0.2) is 11.5 Å². The second kappa shape index (κ2) is 14.6. The van der Waals surface area contributed by atoms with Crippen molar-refractivity contribution in [1.82, 2.24) is 14.5 Å². The Morgan fingerprint density at radius 1 is 1.00 bits per heavy atom. The van der Waals surface area contributed by atoms with Crippen LogP contribution in [0.25, 0.3) is 6.08 Å². The Balaban J connectivity index is 1.54. The van der Waals surface area contributed by atoms with Crippen LogP contribution < -0.4 is 26.0 Å². The molecule has 2 aliphatic heterocycles. The number of Topliss-reactive ketones (excluding diaryl/α,β-unsaturated/α-hetero) is 1. The number of carbonyl (C=O) groups excluding carboxylic acids is 3. The zero-order valence-electron chi connectivity index (χ0n) is 27.1. The number of ether oxygens (including phenoxy) is 3. The summed E-state index contributed by atoms with van der Waals surface area (Å²) in [6.45, 7) is 1.57. The molecule has 3 N–H and O–H groups in total. The van der Waals surface area contributed by atoms with Crippen LogP contribution in [0.3, 0.4) is 0 Å². The number of ketones is 1. The van der Waals surface area contributed by atoms with Crippen molar-refractivity contribution in [3.05, 3.63) is 85.2 Å². The smallest absolute Gasteiger partial charge is 0.342 e. The van der Waals surface area contributed by atoms with Crippen LogP contribution in [0, 0.1) is 0 Å². The van der Waals surface area contributed by atoms with Gasteiger partial charge >= 0.3 is 11.7 Å². The fourth-order valence-corrected chi connectivity index (χ4v) is 5.93. The van der Waals surface area contributed by atoms with Crippen molar-refractivity contribution in [2.24, 2.45) is 14.1 Å². The molecule has 254 valence electrons. The largest absolute Gasteiger partial charge is 0.507 e. The molecule has 5 rings (SSSR count). The molecule has 2 aliphatic rings. The van der Waals surface area contributed by atoms with Crippen LogP contribution in [0.1, 0.15) is 90.5 Å². The first-order valence-corrected chi connectivity index (χ1v) is 15.8. The molecule has 1 unspecified atom stereocenters. The number of esters is 1. The third-order valence-corrected chi connectivity index (χ3v) is 8.68. The molecule has 13 heteroatoms. The average Bonchev–Trinajstić information content (AvgIpc) is 3.51. The second-order valence-electron chi connectivity index (χ2n) is 12.1. The number of cyclic esters (lactones) is 1. The van der Waals surface area contributed by atoms with Gasteiger partial charge in [-0.3, -0.25) is 23.5 Å². The van der Waals surface area contributed by atoms with E-state index in [0.29, 0.717) is 55.6 Å². The van der Waals surface area contributed by atoms with E-state index in [1.54, 1.807) is 37.3 Å². The number of allylic oxidation sites excluding steroid dienone is 1. The first-order chi connectivity index (χ1) is 22.9. The van der Waals surface area contributed by atoms with Crippen molar-refractivity contribution in [2.45, 2.75) is 70.4 Å². The van der Waals surface area contributed by atoms with Crippen LogP contribution in [-0.4, -0.2) is 49.9 Å². The number of benzene rings is 2. The number of hydrogen-bond acceptors (Lipinski definition) is 10. The van der Waals surface area contributed by atoms with Crippen molar-refractivity contribution >= 4 is 23.7 Å². The summed E-state index contributed by atoms with van der Waals surface area (Å²) in [5.74, 6) is -2.22. The number of phenolic OH excluding ortho intramolecular Hbond substituents is 2. The normalized spacial score (nSPS) is 17.3. The number of amides is 1. The third-order valence-electron chi connectivity index (χ3n) is 8.68. The van der Waals surface area contributed by atoms with Gasteiger partial charge in [0, 0.05) is 56.6 Å². The first kappa shape index (κ1) is 34.0. The van der Waals surface area contributed by atoms with Gasteiger partial charge in [0.25, 0.3) is 5.56 Å². The predicted molar refractivity (Wildman–Crippen MR) is 174 cm³/mol. The summed E-state index contributed by atoms with van der Waals surface area (Å²) in [6.07, 6.45) is 5.48. The zero-order chi connectivity index (χ0) is 34.5. The van der Waals surface area contributed by atoms with E-state index >= 15 is 0 Å². The molecule has 0 radical (unpaired) electrons. The summed E-state index contributed by atoms with van der Waals surface area (Å²) < 4.78 is 18.9. The zero-order valence-corrected chi connectivity index (χ0v) is 27.1. The van der Waals surface area contributed by atoms with Gasteiger partial charge in [-0.05, 0) is 61.9 Å². The van der Waals surface area contributed by atoms with Crippen LogP contribution in [0.2, 0.25) is 0 Å². The molecule has 0 saturated heterocycles. The summed E-state index contributed by atoms with van der Waals surface area (Å²) in [4.78, 5) is 63.8. The Hall–Kier alpha value is -5.33. The summed E-state index contributed by atoms with van der Waals surface area (Å²) in [5.41, 5.74) is -0.342. The Kier molecular flexibility index (Phi) is 10.4. The standard InChI is InChI=1S/C35H39N3O10/c1-20-8-7-11-24(39)10-6-4-5-9-22-14-26(40)32(33(43)31(22)34(44)48-20)25(21-12-13-27-28(15-21)47-19-46-27)17-29(41)36-18-23-16-30(42)38(3)35(45)37(23)2/h5,9,12-16,20,25,40,43H,4,6-8,10-11,17-19H2,1-3H3,(H,36,41)/t20-,25?/m0/s1. The van der Waals surface area contributed by atoms with Crippen LogP contribution in [-0.2, 0) is 35.0 Å². The Morgan fingerprint density at radius 3 is 2.54 bits per heavy atom. The molecule has 2 aromatic carbocycles. The lowest BCUT2D eigenvalue weighted by atomic mass is 9.84.